The van der Waals surface area contributed by atoms with Gasteiger partial charge in [0.2, 0.25) is 0 Å². The average Bonchev–Trinajstić information content (AvgIpc) is 1.89. The first kappa shape index (κ1) is 8.47. The fourth-order valence-electron chi connectivity index (χ4n) is 0.599. The maximum Gasteiger partial charge on any atom is 0.101 e. The second kappa shape index (κ2) is 3.49. The number of hydrogen-bond acceptors (Lipinski definition) is 3. The molecule has 1 rings (SSSR count). The number of hydrogen-bond donors (Lipinski definition) is 2. The van der Waals surface area contributed by atoms with Crippen molar-refractivity contribution in [3.8, 4) is 6.07 Å². The average molecular weight is 135 g/mol. The van der Waals surface area contributed by atoms with Gasteiger partial charge in [-0.1, -0.05) is 12.1 Å². The summed E-state index contributed by atoms with van der Waals surface area (Å²) in [7, 11) is 0. The molecule has 0 heterocycles. The largest absolute Gasteiger partial charge is 0.398 e. The third kappa shape index (κ3) is 1.47. The molecule has 52 valence electrons. The van der Waals surface area contributed by atoms with Gasteiger partial charge in [0.15, 0.2) is 0 Å². The number of nitrogen functional groups attached to an aromatic ring is 1. The third-order valence-electron chi connectivity index (χ3n) is 1.08. The van der Waals surface area contributed by atoms with Crippen LogP contribution >= 0.6 is 0 Å². The van der Waals surface area contributed by atoms with Crippen LogP contribution in [0.15, 0.2) is 24.3 Å². The molecule has 0 atom stereocenters. The van der Waals surface area contributed by atoms with Gasteiger partial charge in [0.1, 0.15) is 6.07 Å². The molecule has 0 saturated heterocycles. The van der Waals surface area contributed by atoms with Crippen LogP contribution in [0.3, 0.4) is 0 Å². The highest BCUT2D eigenvalue weighted by molar-refractivity contribution is 5.53. The summed E-state index contributed by atoms with van der Waals surface area (Å²) in [6.07, 6.45) is 0. The van der Waals surface area contributed by atoms with Crippen molar-refractivity contribution in [2.45, 2.75) is 0 Å². The van der Waals surface area contributed by atoms with Gasteiger partial charge in [0.05, 0.1) is 5.56 Å². The first-order chi connectivity index (χ1) is 4.34. The lowest BCUT2D eigenvalue weighted by Gasteiger charge is -1.91. The predicted molar refractivity (Wildman–Crippen MR) is 40.6 cm³/mol. The van der Waals surface area contributed by atoms with Gasteiger partial charge in [-0.25, -0.2) is 0 Å². The molecular formula is C7H9N3. The van der Waals surface area contributed by atoms with E-state index in [9.17, 15) is 0 Å². The number of nitrogens with two attached hydrogens (primary N) is 1. The van der Waals surface area contributed by atoms with E-state index in [1.807, 2.05) is 6.07 Å². The minimum Gasteiger partial charge on any atom is -0.398 e. The molecule has 0 aromatic heterocycles. The molecule has 3 heteroatoms. The van der Waals surface area contributed by atoms with E-state index in [-0.39, 0.29) is 6.15 Å². The number of nitriles is 1. The summed E-state index contributed by atoms with van der Waals surface area (Å²) < 4.78 is 0. The van der Waals surface area contributed by atoms with Crippen LogP contribution in [0.1, 0.15) is 5.56 Å². The molecule has 0 spiro atoms. The quantitative estimate of drug-likeness (QED) is 0.526. The minimum atomic E-state index is 0. The number of anilines is 1. The Bertz CT molecular complexity index is 249. The second-order valence-electron chi connectivity index (χ2n) is 1.70. The summed E-state index contributed by atoms with van der Waals surface area (Å²) in [6.45, 7) is 0. The SMILES string of the molecule is N.N#Cc1ccccc1N. The van der Waals surface area contributed by atoms with Crippen LogP contribution in [0.25, 0.3) is 0 Å². The first-order valence-electron chi connectivity index (χ1n) is 2.59. The molecule has 10 heavy (non-hydrogen) atoms. The molecule has 3 nitrogen and oxygen atoms in total. The minimum absolute atomic E-state index is 0. The Morgan fingerprint density at radius 1 is 1.30 bits per heavy atom. The van der Waals surface area contributed by atoms with Gasteiger partial charge in [-0.15, -0.1) is 0 Å². The Morgan fingerprint density at radius 2 is 1.90 bits per heavy atom. The molecule has 0 saturated carbocycles. The highest BCUT2D eigenvalue weighted by Crippen LogP contribution is 2.06. The number of para-hydroxylation sites is 1. The number of rotatable bonds is 0. The van der Waals surface area contributed by atoms with Gasteiger partial charge in [-0.2, -0.15) is 5.26 Å². The van der Waals surface area contributed by atoms with Gasteiger partial charge >= 0.3 is 0 Å². The molecule has 0 bridgehead atoms. The molecule has 0 aliphatic carbocycles. The molecular weight excluding hydrogens is 126 g/mol. The molecule has 5 N–H and O–H groups in total. The monoisotopic (exact) mass is 135 g/mol. The van der Waals surface area contributed by atoms with Gasteiger partial charge < -0.3 is 11.9 Å². The van der Waals surface area contributed by atoms with Gasteiger partial charge in [0.25, 0.3) is 0 Å². The second-order valence-corrected chi connectivity index (χ2v) is 1.70. The van der Waals surface area contributed by atoms with E-state index in [4.69, 9.17) is 11.0 Å². The highest BCUT2D eigenvalue weighted by atomic mass is 14.6. The van der Waals surface area contributed by atoms with Crippen LogP contribution in [0.5, 0.6) is 0 Å². The van der Waals surface area contributed by atoms with Crippen molar-refractivity contribution in [2.75, 3.05) is 5.73 Å². The van der Waals surface area contributed by atoms with E-state index in [2.05, 4.69) is 0 Å². The van der Waals surface area contributed by atoms with Crippen LogP contribution in [0, 0.1) is 11.3 Å². The van der Waals surface area contributed by atoms with Crippen molar-refractivity contribution in [3.05, 3.63) is 29.8 Å². The predicted octanol–water partition coefficient (Wildman–Crippen LogP) is 1.30. The molecule has 0 unspecified atom stereocenters. The highest BCUT2D eigenvalue weighted by Gasteiger charge is 1.90. The fraction of sp³-hybridized carbons (Fsp3) is 0. The standard InChI is InChI=1S/C7H6N2.H3N/c8-5-6-3-1-2-4-7(6)9;/h1-4H,9H2;1H3. The number of benzene rings is 1. The van der Waals surface area contributed by atoms with Gasteiger partial charge in [-0.05, 0) is 12.1 Å². The zero-order valence-corrected chi connectivity index (χ0v) is 5.54. The van der Waals surface area contributed by atoms with Crippen LogP contribution in [0.4, 0.5) is 5.69 Å². The van der Waals surface area contributed by atoms with Crippen molar-refractivity contribution >= 4 is 5.69 Å². The summed E-state index contributed by atoms with van der Waals surface area (Å²) in [4.78, 5) is 0. The third-order valence-corrected chi connectivity index (χ3v) is 1.08. The Hall–Kier alpha value is -1.53. The molecule has 1 aromatic rings. The maximum absolute atomic E-state index is 8.39. The van der Waals surface area contributed by atoms with E-state index in [1.54, 1.807) is 24.3 Å². The topological polar surface area (TPSA) is 84.8 Å². The van der Waals surface area contributed by atoms with Crippen LogP contribution < -0.4 is 11.9 Å². The Morgan fingerprint density at radius 3 is 2.30 bits per heavy atom. The zero-order valence-electron chi connectivity index (χ0n) is 5.54. The van der Waals surface area contributed by atoms with Crippen LogP contribution in [0.2, 0.25) is 0 Å². The summed E-state index contributed by atoms with van der Waals surface area (Å²) in [5.74, 6) is 0. The molecule has 1 aromatic carbocycles. The van der Waals surface area contributed by atoms with Crippen molar-refractivity contribution in [2.24, 2.45) is 0 Å². The Labute approximate surface area is 59.7 Å². The Kier molecular flexibility index (Phi) is 2.95. The lowest BCUT2D eigenvalue weighted by molar-refractivity contribution is 1.48. The van der Waals surface area contributed by atoms with Crippen molar-refractivity contribution < 1.29 is 0 Å². The van der Waals surface area contributed by atoms with E-state index in [0.29, 0.717) is 11.3 Å². The van der Waals surface area contributed by atoms with Crippen LogP contribution in [-0.2, 0) is 0 Å². The molecule has 0 aliphatic heterocycles. The van der Waals surface area contributed by atoms with Crippen LogP contribution in [-0.4, -0.2) is 0 Å². The Balaban J connectivity index is 0.000000810. The summed E-state index contributed by atoms with van der Waals surface area (Å²) >= 11 is 0. The first-order valence-corrected chi connectivity index (χ1v) is 2.59. The lowest BCUT2D eigenvalue weighted by atomic mass is 10.2. The fourth-order valence-corrected chi connectivity index (χ4v) is 0.599. The molecule has 0 fully saturated rings. The smallest absolute Gasteiger partial charge is 0.101 e. The molecule has 0 amide bonds. The van der Waals surface area contributed by atoms with E-state index in [1.165, 1.54) is 0 Å². The zero-order chi connectivity index (χ0) is 6.69. The van der Waals surface area contributed by atoms with Gasteiger partial charge in [0, 0.05) is 5.69 Å². The van der Waals surface area contributed by atoms with Crippen molar-refractivity contribution in [3.63, 3.8) is 0 Å². The molecule has 0 aliphatic rings. The molecule has 0 radical (unpaired) electrons. The summed E-state index contributed by atoms with van der Waals surface area (Å²) in [6, 6.07) is 8.96. The maximum atomic E-state index is 8.39. The number of nitrogens with zero attached hydrogens (tertiary/aromatic N) is 1. The van der Waals surface area contributed by atoms with E-state index in [0.717, 1.165) is 0 Å². The normalized spacial score (nSPS) is 7.50. The van der Waals surface area contributed by atoms with E-state index >= 15 is 0 Å². The summed E-state index contributed by atoms with van der Waals surface area (Å²) in [5.41, 5.74) is 6.49. The summed E-state index contributed by atoms with van der Waals surface area (Å²) in [5, 5.41) is 8.39. The van der Waals surface area contributed by atoms with Crippen molar-refractivity contribution in [1.82, 2.24) is 6.15 Å². The lowest BCUT2D eigenvalue weighted by Crippen LogP contribution is -1.87. The van der Waals surface area contributed by atoms with Crippen molar-refractivity contribution in [1.29, 1.82) is 5.26 Å². The van der Waals surface area contributed by atoms with Gasteiger partial charge in [-0.3, -0.25) is 0 Å². The van der Waals surface area contributed by atoms with E-state index < -0.39 is 0 Å².